The van der Waals surface area contributed by atoms with Crippen LogP contribution in [0, 0.1) is 15.9 Å². The second-order valence-corrected chi connectivity index (χ2v) is 4.76. The molecule has 1 aliphatic rings. The number of benzene rings is 2. The third-order valence-corrected chi connectivity index (χ3v) is 3.46. The van der Waals surface area contributed by atoms with Gasteiger partial charge in [-0.2, -0.15) is 4.39 Å². The Balaban J connectivity index is 1.96. The molecule has 0 saturated carbocycles. The smallest absolute Gasteiger partial charge is 0.327 e. The highest BCUT2D eigenvalue weighted by Crippen LogP contribution is 2.36. The van der Waals surface area contributed by atoms with Crippen LogP contribution in [0.3, 0.4) is 0 Å². The van der Waals surface area contributed by atoms with Crippen molar-refractivity contribution < 1.29 is 14.1 Å². The van der Waals surface area contributed by atoms with Crippen LogP contribution < -0.4 is 10.1 Å². The average Bonchev–Trinajstić information content (AvgIpc) is 2.47. The Kier molecular flexibility index (Phi) is 3.43. The molecule has 108 valence electrons. The number of ether oxygens (including phenoxy) is 1. The van der Waals surface area contributed by atoms with Crippen LogP contribution in [-0.2, 0) is 0 Å². The van der Waals surface area contributed by atoms with Gasteiger partial charge < -0.3 is 10.1 Å². The first-order chi connectivity index (χ1) is 10.2. The zero-order chi connectivity index (χ0) is 14.8. The summed E-state index contributed by atoms with van der Waals surface area (Å²) in [5.41, 5.74) is 0.575. The van der Waals surface area contributed by atoms with Gasteiger partial charge in [-0.1, -0.05) is 24.3 Å². The molecule has 6 heteroatoms. The van der Waals surface area contributed by atoms with Crippen molar-refractivity contribution in [2.75, 3.05) is 11.9 Å². The van der Waals surface area contributed by atoms with E-state index in [1.165, 1.54) is 12.1 Å². The maximum atomic E-state index is 13.6. The second kappa shape index (κ2) is 5.40. The number of nitro benzene ring substituents is 1. The van der Waals surface area contributed by atoms with E-state index in [0.29, 0.717) is 13.0 Å². The number of fused-ring (bicyclic) bond motifs is 1. The summed E-state index contributed by atoms with van der Waals surface area (Å²) in [6, 6.07) is 11.4. The van der Waals surface area contributed by atoms with Crippen molar-refractivity contribution in [1.29, 1.82) is 0 Å². The Labute approximate surface area is 120 Å². The van der Waals surface area contributed by atoms with Crippen LogP contribution in [0.1, 0.15) is 18.0 Å². The molecule has 1 heterocycles. The lowest BCUT2D eigenvalue weighted by Crippen LogP contribution is -2.20. The summed E-state index contributed by atoms with van der Waals surface area (Å²) in [4.78, 5) is 10.3. The first kappa shape index (κ1) is 13.4. The molecule has 0 aliphatic carbocycles. The molecule has 1 N–H and O–H groups in total. The van der Waals surface area contributed by atoms with Crippen molar-refractivity contribution in [2.24, 2.45) is 0 Å². The van der Waals surface area contributed by atoms with Gasteiger partial charge in [0.05, 0.1) is 17.6 Å². The normalized spacial score (nSPS) is 16.7. The molecule has 1 aliphatic heterocycles. The van der Waals surface area contributed by atoms with Crippen molar-refractivity contribution >= 4 is 11.4 Å². The molecule has 1 unspecified atom stereocenters. The third kappa shape index (κ3) is 2.52. The summed E-state index contributed by atoms with van der Waals surface area (Å²) in [7, 11) is 0. The predicted molar refractivity (Wildman–Crippen MR) is 76.0 cm³/mol. The van der Waals surface area contributed by atoms with Gasteiger partial charge in [0.15, 0.2) is 0 Å². The fourth-order valence-corrected chi connectivity index (χ4v) is 2.50. The minimum Gasteiger partial charge on any atom is -0.493 e. The van der Waals surface area contributed by atoms with Gasteiger partial charge in [-0.3, -0.25) is 10.1 Å². The van der Waals surface area contributed by atoms with Gasteiger partial charge in [0.25, 0.3) is 0 Å². The Morgan fingerprint density at radius 2 is 2.05 bits per heavy atom. The summed E-state index contributed by atoms with van der Waals surface area (Å²) in [6.45, 7) is 0.512. The Morgan fingerprint density at radius 1 is 1.24 bits per heavy atom. The quantitative estimate of drug-likeness (QED) is 0.691. The monoisotopic (exact) mass is 288 g/mol. The van der Waals surface area contributed by atoms with Crippen molar-refractivity contribution in [3.05, 3.63) is 64.0 Å². The van der Waals surface area contributed by atoms with Crippen molar-refractivity contribution in [2.45, 2.75) is 12.5 Å². The van der Waals surface area contributed by atoms with Gasteiger partial charge in [-0.25, -0.2) is 0 Å². The van der Waals surface area contributed by atoms with Crippen LogP contribution in [0.2, 0.25) is 0 Å². The minimum atomic E-state index is -0.842. The van der Waals surface area contributed by atoms with E-state index < -0.39 is 16.4 Å². The van der Waals surface area contributed by atoms with Gasteiger partial charge in [0, 0.05) is 12.0 Å². The number of para-hydroxylation sites is 2. The molecule has 0 amide bonds. The van der Waals surface area contributed by atoms with E-state index in [1.807, 2.05) is 24.3 Å². The topological polar surface area (TPSA) is 64.4 Å². The number of hydrogen-bond donors (Lipinski definition) is 1. The highest BCUT2D eigenvalue weighted by Gasteiger charge is 2.25. The highest BCUT2D eigenvalue weighted by atomic mass is 19.1. The number of nitrogens with zero attached hydrogens (tertiary/aromatic N) is 1. The van der Waals surface area contributed by atoms with Gasteiger partial charge in [-0.15, -0.1) is 0 Å². The first-order valence-electron chi connectivity index (χ1n) is 6.58. The molecule has 0 spiro atoms. The van der Waals surface area contributed by atoms with Crippen LogP contribution in [0.5, 0.6) is 5.75 Å². The van der Waals surface area contributed by atoms with E-state index in [-0.39, 0.29) is 11.7 Å². The molecule has 2 aromatic rings. The lowest BCUT2D eigenvalue weighted by Gasteiger charge is -2.27. The molecule has 21 heavy (non-hydrogen) atoms. The van der Waals surface area contributed by atoms with Gasteiger partial charge >= 0.3 is 5.69 Å². The standard InChI is InChI=1S/C15H13FN2O3/c16-11-5-3-6-13(15(11)18(19)20)17-12-8-9-21-14-7-2-1-4-10(12)14/h1-7,12,17H,8-9H2. The number of anilines is 1. The van der Waals surface area contributed by atoms with Crippen LogP contribution in [0.4, 0.5) is 15.8 Å². The minimum absolute atomic E-state index is 0.143. The van der Waals surface area contributed by atoms with E-state index in [0.717, 1.165) is 17.4 Å². The fourth-order valence-electron chi connectivity index (χ4n) is 2.50. The lowest BCUT2D eigenvalue weighted by atomic mass is 10.00. The van der Waals surface area contributed by atoms with E-state index >= 15 is 0 Å². The summed E-state index contributed by atoms with van der Waals surface area (Å²) in [5.74, 6) is -0.0920. The summed E-state index contributed by atoms with van der Waals surface area (Å²) >= 11 is 0. The van der Waals surface area contributed by atoms with E-state index in [4.69, 9.17) is 4.74 Å². The SMILES string of the molecule is O=[N+]([O-])c1c(F)cccc1NC1CCOc2ccccc21. The second-order valence-electron chi connectivity index (χ2n) is 4.76. The summed E-state index contributed by atoms with van der Waals surface area (Å²) in [6.07, 6.45) is 0.657. The largest absolute Gasteiger partial charge is 0.493 e. The van der Waals surface area contributed by atoms with E-state index in [2.05, 4.69) is 5.32 Å². The van der Waals surface area contributed by atoms with Crippen LogP contribution in [0.25, 0.3) is 0 Å². The molecule has 1 atom stereocenters. The van der Waals surface area contributed by atoms with Crippen molar-refractivity contribution in [3.8, 4) is 5.75 Å². The van der Waals surface area contributed by atoms with Crippen LogP contribution >= 0.6 is 0 Å². The van der Waals surface area contributed by atoms with Crippen molar-refractivity contribution in [3.63, 3.8) is 0 Å². The Hall–Kier alpha value is -2.63. The Bertz CT molecular complexity index is 690. The highest BCUT2D eigenvalue weighted by molar-refractivity contribution is 5.63. The summed E-state index contributed by atoms with van der Waals surface area (Å²) in [5, 5.41) is 14.1. The fraction of sp³-hybridized carbons (Fsp3) is 0.200. The Morgan fingerprint density at radius 3 is 2.86 bits per heavy atom. The molecule has 3 rings (SSSR count). The molecule has 2 aromatic carbocycles. The van der Waals surface area contributed by atoms with Gasteiger partial charge in [0.2, 0.25) is 5.82 Å². The lowest BCUT2D eigenvalue weighted by molar-refractivity contribution is -0.386. The van der Waals surface area contributed by atoms with Crippen LogP contribution in [0.15, 0.2) is 42.5 Å². The molecular formula is C15H13FN2O3. The number of rotatable bonds is 3. The molecule has 0 bridgehead atoms. The third-order valence-electron chi connectivity index (χ3n) is 3.46. The number of nitro groups is 1. The first-order valence-corrected chi connectivity index (χ1v) is 6.58. The summed E-state index contributed by atoms with van der Waals surface area (Å²) < 4.78 is 19.2. The number of nitrogens with one attached hydrogen (secondary N) is 1. The van der Waals surface area contributed by atoms with E-state index in [9.17, 15) is 14.5 Å². The average molecular weight is 288 g/mol. The number of halogens is 1. The van der Waals surface area contributed by atoms with Crippen molar-refractivity contribution in [1.82, 2.24) is 0 Å². The maximum Gasteiger partial charge on any atom is 0.327 e. The molecule has 0 saturated heterocycles. The molecule has 0 aromatic heterocycles. The van der Waals surface area contributed by atoms with Crippen LogP contribution in [-0.4, -0.2) is 11.5 Å². The van der Waals surface area contributed by atoms with Gasteiger partial charge in [-0.05, 0) is 18.2 Å². The molecule has 0 fully saturated rings. The zero-order valence-corrected chi connectivity index (χ0v) is 11.1. The molecular weight excluding hydrogens is 275 g/mol. The number of hydrogen-bond acceptors (Lipinski definition) is 4. The van der Waals surface area contributed by atoms with Gasteiger partial charge in [0.1, 0.15) is 11.4 Å². The predicted octanol–water partition coefficient (Wildman–Crippen LogP) is 3.67. The maximum absolute atomic E-state index is 13.6. The zero-order valence-electron chi connectivity index (χ0n) is 11.1. The van der Waals surface area contributed by atoms with E-state index in [1.54, 1.807) is 0 Å². The molecule has 0 radical (unpaired) electrons. The molecule has 5 nitrogen and oxygen atoms in total.